The Hall–Kier alpha value is -4.59. The molecule has 0 saturated carbocycles. The topological polar surface area (TPSA) is 91.4 Å². The summed E-state index contributed by atoms with van der Waals surface area (Å²) in [4.78, 5) is 45.2. The van der Waals surface area contributed by atoms with Gasteiger partial charge in [-0.1, -0.05) is 60.7 Å². The standard InChI is InChI=1S/C32H29NO7/c1-5-40-31(36)26-25(21-15-16-23(37-2)28(39-4)27(21)38-3)32(29(34)19-11-7-8-12-20(19)30(32)35)24-17-14-18-10-6-9-13-22(18)33(24)26/h6-17,24-26H,5H2,1-4H3/t24-,25+,26-/m1/s1. The highest BCUT2D eigenvalue weighted by Crippen LogP contribution is 2.62. The summed E-state index contributed by atoms with van der Waals surface area (Å²) >= 11 is 0. The molecule has 3 atom stereocenters. The summed E-state index contributed by atoms with van der Waals surface area (Å²) in [6.45, 7) is 1.87. The number of anilines is 1. The first-order chi connectivity index (χ1) is 19.4. The number of esters is 1. The van der Waals surface area contributed by atoms with Crippen molar-refractivity contribution in [2.45, 2.75) is 24.9 Å². The fourth-order valence-electron chi connectivity index (χ4n) is 6.83. The van der Waals surface area contributed by atoms with Crippen molar-refractivity contribution < 1.29 is 33.3 Å². The molecular formula is C32H29NO7. The van der Waals surface area contributed by atoms with E-state index in [2.05, 4.69) is 0 Å². The number of ketones is 2. The molecule has 0 bridgehead atoms. The van der Waals surface area contributed by atoms with Crippen LogP contribution in [-0.2, 0) is 9.53 Å². The lowest BCUT2D eigenvalue weighted by Gasteiger charge is -2.36. The van der Waals surface area contributed by atoms with E-state index in [-0.39, 0.29) is 23.9 Å². The summed E-state index contributed by atoms with van der Waals surface area (Å²) in [5.74, 6) is -1.17. The van der Waals surface area contributed by atoms with Gasteiger partial charge in [-0.15, -0.1) is 0 Å². The molecule has 1 aliphatic carbocycles. The molecule has 6 rings (SSSR count). The molecule has 3 aromatic carbocycles. The summed E-state index contributed by atoms with van der Waals surface area (Å²) in [7, 11) is 4.48. The fraction of sp³-hybridized carbons (Fsp3) is 0.281. The number of nitrogens with zero attached hydrogens (tertiary/aromatic N) is 1. The zero-order valence-electron chi connectivity index (χ0n) is 22.7. The number of benzene rings is 3. The second-order valence-corrected chi connectivity index (χ2v) is 9.94. The van der Waals surface area contributed by atoms with E-state index in [1.165, 1.54) is 21.3 Å². The summed E-state index contributed by atoms with van der Waals surface area (Å²) < 4.78 is 22.7. The van der Waals surface area contributed by atoms with Crippen molar-refractivity contribution in [3.8, 4) is 17.2 Å². The number of Topliss-reactive ketones (excluding diaryl/α,β-unsaturated/α-hetero) is 2. The lowest BCUT2D eigenvalue weighted by Crippen LogP contribution is -2.48. The van der Waals surface area contributed by atoms with Crippen LogP contribution in [0.1, 0.15) is 44.7 Å². The van der Waals surface area contributed by atoms with Crippen LogP contribution in [0.15, 0.2) is 66.7 Å². The van der Waals surface area contributed by atoms with Crippen LogP contribution in [0.3, 0.4) is 0 Å². The van der Waals surface area contributed by atoms with Crippen molar-refractivity contribution in [1.82, 2.24) is 0 Å². The normalized spacial score (nSPS) is 21.6. The second kappa shape index (κ2) is 9.55. The SMILES string of the molecule is CCOC(=O)[C@H]1[C@H](c2ccc(OC)c(OC)c2OC)C2(C(=O)c3ccccc3C2=O)[C@H]2C=Cc3ccccc3N12. The maximum atomic E-state index is 14.7. The monoisotopic (exact) mass is 539 g/mol. The van der Waals surface area contributed by atoms with Crippen LogP contribution in [0, 0.1) is 5.41 Å². The van der Waals surface area contributed by atoms with Gasteiger partial charge in [-0.2, -0.15) is 0 Å². The smallest absolute Gasteiger partial charge is 0.329 e. The van der Waals surface area contributed by atoms with Crippen molar-refractivity contribution in [2.75, 3.05) is 32.8 Å². The van der Waals surface area contributed by atoms with Crippen molar-refractivity contribution in [3.63, 3.8) is 0 Å². The van der Waals surface area contributed by atoms with Crippen LogP contribution in [0.5, 0.6) is 17.2 Å². The van der Waals surface area contributed by atoms with E-state index in [1.807, 2.05) is 41.3 Å². The number of rotatable bonds is 6. The molecule has 204 valence electrons. The number of hydrogen-bond donors (Lipinski definition) is 0. The van der Waals surface area contributed by atoms with Gasteiger partial charge < -0.3 is 23.8 Å². The van der Waals surface area contributed by atoms with E-state index in [9.17, 15) is 14.4 Å². The average molecular weight is 540 g/mol. The third-order valence-electron chi connectivity index (χ3n) is 8.31. The van der Waals surface area contributed by atoms with Gasteiger partial charge in [0.15, 0.2) is 23.1 Å². The molecule has 8 nitrogen and oxygen atoms in total. The predicted molar refractivity (Wildman–Crippen MR) is 149 cm³/mol. The number of fused-ring (bicyclic) bond motifs is 5. The van der Waals surface area contributed by atoms with Crippen molar-refractivity contribution in [2.24, 2.45) is 5.41 Å². The molecule has 0 aromatic heterocycles. The Morgan fingerprint density at radius 3 is 2.12 bits per heavy atom. The van der Waals surface area contributed by atoms with Gasteiger partial charge in [-0.05, 0) is 24.6 Å². The fourth-order valence-corrected chi connectivity index (χ4v) is 6.83. The maximum absolute atomic E-state index is 14.7. The van der Waals surface area contributed by atoms with Gasteiger partial charge in [0.25, 0.3) is 0 Å². The first kappa shape index (κ1) is 25.7. The maximum Gasteiger partial charge on any atom is 0.329 e. The van der Waals surface area contributed by atoms with Gasteiger partial charge in [0.05, 0.1) is 34.0 Å². The van der Waals surface area contributed by atoms with E-state index in [0.29, 0.717) is 28.2 Å². The molecule has 0 N–H and O–H groups in total. The first-order valence-electron chi connectivity index (χ1n) is 13.1. The minimum absolute atomic E-state index is 0.135. The highest BCUT2D eigenvalue weighted by Gasteiger charge is 2.72. The van der Waals surface area contributed by atoms with Gasteiger partial charge in [0, 0.05) is 28.3 Å². The second-order valence-electron chi connectivity index (χ2n) is 9.94. The summed E-state index contributed by atoms with van der Waals surface area (Å²) in [5, 5.41) is 0. The summed E-state index contributed by atoms with van der Waals surface area (Å²) in [6.07, 6.45) is 3.78. The molecule has 8 heteroatoms. The third kappa shape index (κ3) is 3.22. The number of methoxy groups -OCH3 is 3. The largest absolute Gasteiger partial charge is 0.493 e. The van der Waals surface area contributed by atoms with Crippen molar-refractivity contribution >= 4 is 29.3 Å². The Balaban J connectivity index is 1.72. The molecule has 2 aliphatic heterocycles. The van der Waals surface area contributed by atoms with Gasteiger partial charge >= 0.3 is 5.97 Å². The molecule has 0 radical (unpaired) electrons. The molecule has 1 saturated heterocycles. The van der Waals surface area contributed by atoms with E-state index in [4.69, 9.17) is 18.9 Å². The van der Waals surface area contributed by atoms with Crippen LogP contribution >= 0.6 is 0 Å². The molecule has 3 aliphatic rings. The lowest BCUT2D eigenvalue weighted by atomic mass is 9.64. The lowest BCUT2D eigenvalue weighted by molar-refractivity contribution is -0.145. The van der Waals surface area contributed by atoms with Crippen molar-refractivity contribution in [3.05, 3.63) is 89.0 Å². The van der Waals surface area contributed by atoms with Gasteiger partial charge in [-0.3, -0.25) is 9.59 Å². The summed E-state index contributed by atoms with van der Waals surface area (Å²) in [5.41, 5.74) is 1.11. The number of para-hydroxylation sites is 1. The highest BCUT2D eigenvalue weighted by molar-refractivity contribution is 6.32. The Morgan fingerprint density at radius 1 is 0.850 bits per heavy atom. The quantitative estimate of drug-likeness (QED) is 0.329. The Bertz CT molecular complexity index is 1540. The predicted octanol–water partition coefficient (Wildman–Crippen LogP) is 4.71. The zero-order chi connectivity index (χ0) is 28.2. The Morgan fingerprint density at radius 2 is 1.50 bits per heavy atom. The Kier molecular flexibility index (Phi) is 6.13. The molecule has 40 heavy (non-hydrogen) atoms. The van der Waals surface area contributed by atoms with Crippen LogP contribution in [0.25, 0.3) is 6.08 Å². The third-order valence-corrected chi connectivity index (χ3v) is 8.31. The average Bonchev–Trinajstić information content (AvgIpc) is 3.42. The zero-order valence-corrected chi connectivity index (χ0v) is 22.7. The minimum atomic E-state index is -1.67. The molecule has 0 amide bonds. The minimum Gasteiger partial charge on any atom is -0.493 e. The van der Waals surface area contributed by atoms with Gasteiger partial charge in [0.2, 0.25) is 5.75 Å². The molecule has 1 fully saturated rings. The van der Waals surface area contributed by atoms with Crippen LogP contribution in [0.2, 0.25) is 0 Å². The molecule has 0 unspecified atom stereocenters. The number of ether oxygens (including phenoxy) is 4. The van der Waals surface area contributed by atoms with Crippen molar-refractivity contribution in [1.29, 1.82) is 0 Å². The molecule has 1 spiro atoms. The molecular weight excluding hydrogens is 510 g/mol. The number of carbonyl (C=O) groups is 3. The number of hydrogen-bond acceptors (Lipinski definition) is 8. The molecule has 3 aromatic rings. The number of carbonyl (C=O) groups excluding carboxylic acids is 3. The first-order valence-corrected chi connectivity index (χ1v) is 13.1. The van der Waals surface area contributed by atoms with Crippen LogP contribution in [0.4, 0.5) is 5.69 Å². The van der Waals surface area contributed by atoms with Crippen LogP contribution in [-0.4, -0.2) is 57.6 Å². The van der Waals surface area contributed by atoms with Gasteiger partial charge in [0.1, 0.15) is 11.5 Å². The van der Waals surface area contributed by atoms with Gasteiger partial charge in [-0.25, -0.2) is 4.79 Å². The summed E-state index contributed by atoms with van der Waals surface area (Å²) in [6, 6.07) is 16.1. The van der Waals surface area contributed by atoms with E-state index >= 15 is 0 Å². The van der Waals surface area contributed by atoms with E-state index in [0.717, 1.165) is 11.3 Å². The van der Waals surface area contributed by atoms with E-state index in [1.54, 1.807) is 43.3 Å². The molecule has 2 heterocycles. The highest BCUT2D eigenvalue weighted by atomic mass is 16.5. The Labute approximate surface area is 232 Å². The van der Waals surface area contributed by atoms with Crippen LogP contribution < -0.4 is 19.1 Å². The van der Waals surface area contributed by atoms with E-state index < -0.39 is 29.4 Å².